The predicted molar refractivity (Wildman–Crippen MR) is 537 cm³/mol. The summed E-state index contributed by atoms with van der Waals surface area (Å²) in [4.78, 5) is 0. The molecule has 26 aromatic carbocycles. The van der Waals surface area contributed by atoms with E-state index in [1.165, 1.54) is 325 Å². The second kappa shape index (κ2) is 20.2. The Morgan fingerprint density at radius 1 is 0.0833 bits per heavy atom. The van der Waals surface area contributed by atoms with Crippen LogP contribution >= 0.6 is 0 Å². The number of fused-ring (bicyclic) bond motifs is 10. The van der Waals surface area contributed by atoms with Crippen LogP contribution in [-0.4, -0.2) is 0 Å². The predicted octanol–water partition coefficient (Wildman–Crippen LogP) is 36.2. The van der Waals surface area contributed by atoms with E-state index in [0.717, 1.165) is 0 Å². The van der Waals surface area contributed by atoms with Gasteiger partial charge in [0.05, 0.1) is 0 Å². The van der Waals surface area contributed by atoms with Crippen molar-refractivity contribution in [2.75, 3.05) is 0 Å². The van der Waals surface area contributed by atoms with Gasteiger partial charge in [0.2, 0.25) is 0 Å². The molecule has 0 N–H and O–H groups in total. The zero-order valence-electron chi connectivity index (χ0n) is 76.5. The minimum Gasteiger partial charge on any atom is -0.0561 e. The molecule has 0 aliphatic rings. The molecule has 0 radical (unpaired) electrons. The average Bonchev–Trinajstić information content (AvgIpc) is 1.44. The van der Waals surface area contributed by atoms with Gasteiger partial charge in [-0.25, -0.2) is 0 Å². The highest BCUT2D eigenvalue weighted by molar-refractivity contribution is 6.72. The van der Waals surface area contributed by atoms with Gasteiger partial charge in [0.25, 0.3) is 0 Å². The van der Waals surface area contributed by atoms with Crippen LogP contribution in [0.25, 0.3) is 269 Å². The summed E-state index contributed by atoms with van der Waals surface area (Å²) in [6, 6.07) is 55.0. The number of rotatable bonds is 0. The van der Waals surface area contributed by atoms with Crippen molar-refractivity contribution in [2.45, 2.75) is 262 Å². The minimum absolute atomic E-state index is 0.210. The Balaban J connectivity index is 1.18. The third kappa shape index (κ3) is 8.06. The molecule has 0 aliphatic heterocycles. The summed E-state index contributed by atoms with van der Waals surface area (Å²) in [6.07, 6.45) is 0. The van der Waals surface area contributed by atoms with Gasteiger partial charge in [-0.3, -0.25) is 0 Å². The first-order chi connectivity index (χ1) is 55.9. The summed E-state index contributed by atoms with van der Waals surface area (Å²) in [5.74, 6) is 0. The van der Waals surface area contributed by atoms with Gasteiger partial charge in [-0.2, -0.15) is 0 Å². The normalized spacial score (nSPS) is 15.1. The highest BCUT2D eigenvalue weighted by Gasteiger charge is 2.43. The van der Waals surface area contributed by atoms with Crippen molar-refractivity contribution in [3.8, 4) is 0 Å². The summed E-state index contributed by atoms with van der Waals surface area (Å²) >= 11 is 0. The fourth-order valence-electron chi connectivity index (χ4n) is 25.2. The zero-order chi connectivity index (χ0) is 83.8. The van der Waals surface area contributed by atoms with E-state index < -0.39 is 0 Å². The molecule has 26 rings (SSSR count). The third-order valence-corrected chi connectivity index (χ3v) is 31.7. The lowest BCUT2D eigenvalue weighted by Gasteiger charge is -2.25. The Bertz CT molecular complexity index is 7410. The molecule has 0 atom stereocenters. The summed E-state index contributed by atoms with van der Waals surface area (Å²) in [7, 11) is 0. The smallest absolute Gasteiger partial charge is 0.0000000118 e. The topological polar surface area (TPSA) is 0 Å². The maximum atomic E-state index is 2.75. The average molecular weight is 1550 g/mol. The second-order valence-electron chi connectivity index (χ2n) is 49.5. The van der Waals surface area contributed by atoms with Crippen LogP contribution in [-0.2, 0) is 54.1 Å². The van der Waals surface area contributed by atoms with Crippen molar-refractivity contribution >= 4 is 269 Å². The van der Waals surface area contributed by atoms with E-state index in [-0.39, 0.29) is 54.1 Å². The number of hydrogen-bond acceptors (Lipinski definition) is 0. The lowest BCUT2D eigenvalue weighted by atomic mass is 9.78. The highest BCUT2D eigenvalue weighted by Crippen LogP contribution is 2.70. The molecule has 120 heavy (non-hydrogen) atoms. The minimum atomic E-state index is -0.210. The van der Waals surface area contributed by atoms with Crippen molar-refractivity contribution in [1.29, 1.82) is 0 Å². The highest BCUT2D eigenvalue weighted by atomic mass is 14.5. The van der Waals surface area contributed by atoms with Gasteiger partial charge in [0.15, 0.2) is 0 Å². The molecule has 0 nitrogen and oxygen atoms in total. The molecular formula is C120H110. The molecule has 0 spiro atoms. The molecule has 0 fully saturated rings. The first-order valence-electron chi connectivity index (χ1n) is 45.3. The molecule has 0 aromatic heterocycles. The van der Waals surface area contributed by atoms with Crippen LogP contribution in [0.2, 0.25) is 0 Å². The molecule has 590 valence electrons. The van der Waals surface area contributed by atoms with E-state index in [4.69, 9.17) is 0 Å². The fourth-order valence-corrected chi connectivity index (χ4v) is 25.2. The molecule has 0 heterocycles. The van der Waals surface area contributed by atoms with Crippen molar-refractivity contribution in [3.63, 3.8) is 0 Å². The largest absolute Gasteiger partial charge is 0.0561 e. The van der Waals surface area contributed by atoms with Gasteiger partial charge in [-0.1, -0.05) is 208 Å². The zero-order valence-corrected chi connectivity index (χ0v) is 76.5. The SMILES string of the molecule is CC(C)(C)c1cc2c3cc(C(C)(C)C)cc4c5cc(C(C)(C)C)cc6c7cc(C(C)(C)C)cc8c9cc(C(C)(C)C)cc%10c%11cc(C(C)(C)C)cc%12c%13cc(C(C)(C)C)cc%14c%15cc(C(C)(C)C)cc%16c%17cc(C(C)(C)C)cc%18c%19cc(C(C)(C)C)cc%20c(c1)c2c1c(c34)c2c(c65)c(c78)c3c(c%109)c(c%11%12)c4c(c%14%13)c(c%15%16)c5c(c%18%17)c(c%19%20)c1c1c2c3c4c51. The third-order valence-electron chi connectivity index (χ3n) is 31.7. The van der Waals surface area contributed by atoms with E-state index in [0.29, 0.717) is 0 Å². The van der Waals surface area contributed by atoms with E-state index in [1.54, 1.807) is 0 Å². The molecule has 0 bridgehead atoms. The summed E-state index contributed by atoms with van der Waals surface area (Å²) in [5, 5.41) is 71.2. The van der Waals surface area contributed by atoms with Gasteiger partial charge in [-0.15, -0.1) is 0 Å². The maximum absolute atomic E-state index is 2.75. The standard InChI is InChI=1S/C120H110/c1-111(2,3)51-31-61-62-32-52(112(4,5)6)43-73-74-44-55(115(13,14)15)35-65-66-36-56(116(16,17)18)47-77-78-48-59(119(25,26)27)39-69-70-40-60(120(28,29)30)50-80-79-49-58(118(22,23)24)38-68-67-37-57(117(19,20)21)46-76-75-45-54(114(10,11)12)34-64-63-33-53(113(7,8)9)42-72-71(41-51)81(61)91-92(82(62)73)102-95(85(65)74)96(86(66)77)104-99(89(69)78)100(90(70)80)105-98(88(68)79)97(87(67)76)103-94(84(64)75)93(83(63)72)101(91)106-107(102)109(104)110(105)108(103)106/h31-50H,1-30H3. The Labute approximate surface area is 703 Å². The summed E-state index contributed by atoms with van der Waals surface area (Å²) < 4.78 is 0. The van der Waals surface area contributed by atoms with E-state index in [2.05, 4.69) is 329 Å². The molecule has 0 unspecified atom stereocenters. The molecule has 0 aliphatic carbocycles. The van der Waals surface area contributed by atoms with Crippen LogP contribution in [0.15, 0.2) is 121 Å². The number of hydrogen-bond donors (Lipinski definition) is 0. The van der Waals surface area contributed by atoms with Crippen LogP contribution in [0.4, 0.5) is 0 Å². The van der Waals surface area contributed by atoms with Crippen LogP contribution in [0.1, 0.15) is 263 Å². The molecule has 0 saturated heterocycles. The number of benzene rings is 20. The maximum Gasteiger partial charge on any atom is -0.0000000118 e. The van der Waals surface area contributed by atoms with Crippen LogP contribution < -0.4 is 0 Å². The Hall–Kier alpha value is -10.4. The fraction of sp³-hybridized carbons (Fsp3) is 0.333. The van der Waals surface area contributed by atoms with Crippen LogP contribution in [0, 0.1) is 0 Å². The first kappa shape index (κ1) is 71.3. The van der Waals surface area contributed by atoms with Gasteiger partial charge in [0.1, 0.15) is 0 Å². The second-order valence-corrected chi connectivity index (χ2v) is 49.5. The van der Waals surface area contributed by atoms with Crippen LogP contribution in [0.5, 0.6) is 0 Å². The Morgan fingerprint density at radius 2 is 0.133 bits per heavy atom. The summed E-state index contributed by atoms with van der Waals surface area (Å²) in [6.45, 7) is 74.6. The molecule has 0 heteroatoms. The van der Waals surface area contributed by atoms with Crippen LogP contribution in [0.3, 0.4) is 0 Å². The van der Waals surface area contributed by atoms with Gasteiger partial charge < -0.3 is 0 Å². The van der Waals surface area contributed by atoms with Crippen molar-refractivity contribution in [3.05, 3.63) is 177 Å². The van der Waals surface area contributed by atoms with Gasteiger partial charge in [0, 0.05) is 0 Å². The Morgan fingerprint density at radius 3 is 0.183 bits per heavy atom. The monoisotopic (exact) mass is 1550 g/mol. The lowest BCUT2D eigenvalue weighted by molar-refractivity contribution is 0.590. The van der Waals surface area contributed by atoms with Crippen molar-refractivity contribution < 1.29 is 0 Å². The lowest BCUT2D eigenvalue weighted by Crippen LogP contribution is -2.12. The molecule has 0 amide bonds. The van der Waals surface area contributed by atoms with E-state index >= 15 is 0 Å². The molecule has 0 saturated carbocycles. The van der Waals surface area contributed by atoms with Crippen molar-refractivity contribution in [2.24, 2.45) is 0 Å². The quantitative estimate of drug-likeness (QED) is 0.133. The van der Waals surface area contributed by atoms with E-state index in [9.17, 15) is 0 Å². The summed E-state index contributed by atoms with van der Waals surface area (Å²) in [5.41, 5.74) is 11.7. The van der Waals surface area contributed by atoms with Gasteiger partial charge >= 0.3 is 0 Å². The Kier molecular flexibility index (Phi) is 12.0. The molecule has 26 aromatic rings. The van der Waals surface area contributed by atoms with Gasteiger partial charge in [-0.05, 0) is 500 Å². The molecular weight excluding hydrogens is 1440 g/mol. The first-order valence-corrected chi connectivity index (χ1v) is 45.3. The van der Waals surface area contributed by atoms with E-state index in [1.807, 2.05) is 0 Å². The van der Waals surface area contributed by atoms with Crippen molar-refractivity contribution in [1.82, 2.24) is 0 Å².